The van der Waals surface area contributed by atoms with E-state index in [2.05, 4.69) is 13.8 Å². The Morgan fingerprint density at radius 1 is 1.17 bits per heavy atom. The molecular formula is C21H28ClFO. The summed E-state index contributed by atoms with van der Waals surface area (Å²) in [4.78, 5) is 11.9. The van der Waals surface area contributed by atoms with Gasteiger partial charge in [0.1, 0.15) is 0 Å². The summed E-state index contributed by atoms with van der Waals surface area (Å²) >= 11 is 5.57. The lowest BCUT2D eigenvalue weighted by Gasteiger charge is -2.58. The molecule has 3 saturated carbocycles. The van der Waals surface area contributed by atoms with Crippen LogP contribution in [0.5, 0.6) is 0 Å². The Hall–Kier alpha value is -0.630. The van der Waals surface area contributed by atoms with Crippen molar-refractivity contribution < 1.29 is 9.18 Å². The molecule has 0 spiro atoms. The molecule has 0 N–H and O–H groups in total. The summed E-state index contributed by atoms with van der Waals surface area (Å²) < 4.78 is 13.3. The summed E-state index contributed by atoms with van der Waals surface area (Å²) in [5.74, 6) is 2.73. The maximum absolute atomic E-state index is 13.3. The number of rotatable bonds is 1. The molecule has 4 aliphatic rings. The lowest BCUT2D eigenvalue weighted by atomic mass is 9.47. The number of carbonyl (C=O) groups excluding carboxylic acids is 1. The van der Waals surface area contributed by atoms with E-state index in [0.29, 0.717) is 30.0 Å². The number of carbonyl (C=O) groups is 1. The van der Waals surface area contributed by atoms with Crippen LogP contribution in [0.25, 0.3) is 0 Å². The van der Waals surface area contributed by atoms with Gasteiger partial charge in [-0.3, -0.25) is 4.79 Å². The maximum Gasteiger partial charge on any atom is 0.185 e. The zero-order valence-corrected chi connectivity index (χ0v) is 15.5. The van der Waals surface area contributed by atoms with E-state index >= 15 is 0 Å². The van der Waals surface area contributed by atoms with Gasteiger partial charge in [0.05, 0.1) is 0 Å². The molecule has 1 nitrogen and oxygen atoms in total. The summed E-state index contributed by atoms with van der Waals surface area (Å²) in [7, 11) is 0. The van der Waals surface area contributed by atoms with Crippen molar-refractivity contribution in [3.63, 3.8) is 0 Å². The van der Waals surface area contributed by atoms with Crippen molar-refractivity contribution in [2.75, 3.05) is 0 Å². The first-order valence-electron chi connectivity index (χ1n) is 9.61. The molecule has 0 saturated heterocycles. The van der Waals surface area contributed by atoms with Crippen LogP contribution >= 0.6 is 11.6 Å². The van der Waals surface area contributed by atoms with Gasteiger partial charge in [-0.25, -0.2) is 0 Å². The second-order valence-corrected chi connectivity index (χ2v) is 9.51. The average Bonchev–Trinajstić information content (AvgIpc) is 2.84. The van der Waals surface area contributed by atoms with Crippen molar-refractivity contribution in [1.82, 2.24) is 0 Å². The molecule has 6 atom stereocenters. The first-order chi connectivity index (χ1) is 11.3. The predicted octanol–water partition coefficient (Wildman–Crippen LogP) is 6.18. The van der Waals surface area contributed by atoms with Gasteiger partial charge in [-0.1, -0.05) is 31.0 Å². The molecular weight excluding hydrogens is 323 g/mol. The SMILES string of the molecule is C[C@]12CC[C@H]3[C@@H](CCC4=CC(=O)CC[C@@]43C)[C@@H]1CC[C@@H]2/C=C(/F)Cl. The van der Waals surface area contributed by atoms with E-state index in [1.807, 2.05) is 6.08 Å². The van der Waals surface area contributed by atoms with Crippen LogP contribution in [-0.4, -0.2) is 5.78 Å². The van der Waals surface area contributed by atoms with Crippen molar-refractivity contribution in [3.8, 4) is 0 Å². The lowest BCUT2D eigenvalue weighted by Crippen LogP contribution is -2.50. The number of fused-ring (bicyclic) bond motifs is 5. The van der Waals surface area contributed by atoms with E-state index < -0.39 is 5.29 Å². The molecule has 0 radical (unpaired) electrons. The van der Waals surface area contributed by atoms with Crippen LogP contribution in [0.2, 0.25) is 0 Å². The Morgan fingerprint density at radius 2 is 1.96 bits per heavy atom. The van der Waals surface area contributed by atoms with Crippen LogP contribution in [0.3, 0.4) is 0 Å². The quantitative estimate of drug-likeness (QED) is 0.551. The minimum atomic E-state index is -0.532. The molecule has 0 aliphatic heterocycles. The van der Waals surface area contributed by atoms with Gasteiger partial charge in [-0.05, 0) is 91.6 Å². The first kappa shape index (κ1) is 16.8. The van der Waals surface area contributed by atoms with E-state index in [0.717, 1.165) is 25.2 Å². The van der Waals surface area contributed by atoms with Gasteiger partial charge in [0.25, 0.3) is 0 Å². The molecule has 0 heterocycles. The molecule has 3 fully saturated rings. The zero-order chi connectivity index (χ0) is 17.1. The minimum absolute atomic E-state index is 0.204. The Morgan fingerprint density at radius 3 is 2.71 bits per heavy atom. The third-order valence-electron chi connectivity index (χ3n) is 8.36. The second kappa shape index (κ2) is 5.69. The third-order valence-corrected chi connectivity index (χ3v) is 8.49. The molecule has 0 aromatic heterocycles. The first-order valence-corrected chi connectivity index (χ1v) is 9.99. The standard InChI is InChI=1S/C21H28ClFO/c1-20-9-7-15(24)11-13(20)3-5-16-17-6-4-14(12-19(22)23)21(17,2)10-8-18(16)20/h11-12,14,16-18H,3-10H2,1-2H3/b19-12+/t14-,16+,17+,18+,20+,21-/m1/s1. The van der Waals surface area contributed by atoms with Gasteiger partial charge in [0.2, 0.25) is 0 Å². The summed E-state index contributed by atoms with van der Waals surface area (Å²) in [6.07, 6.45) is 12.3. The van der Waals surface area contributed by atoms with E-state index in [-0.39, 0.29) is 10.8 Å². The summed E-state index contributed by atoms with van der Waals surface area (Å²) in [6.45, 7) is 4.79. The fourth-order valence-corrected chi connectivity index (χ4v) is 7.18. The fraction of sp³-hybridized carbons (Fsp3) is 0.762. The average molecular weight is 351 g/mol. The van der Waals surface area contributed by atoms with Crippen LogP contribution in [0.1, 0.15) is 65.2 Å². The topological polar surface area (TPSA) is 17.1 Å². The molecule has 24 heavy (non-hydrogen) atoms. The van der Waals surface area contributed by atoms with Gasteiger partial charge in [0, 0.05) is 6.42 Å². The minimum Gasteiger partial charge on any atom is -0.295 e. The van der Waals surface area contributed by atoms with Gasteiger partial charge < -0.3 is 0 Å². The van der Waals surface area contributed by atoms with Gasteiger partial charge in [-0.2, -0.15) is 4.39 Å². The molecule has 0 bridgehead atoms. The summed E-state index contributed by atoms with van der Waals surface area (Å²) in [5, 5.41) is -0.532. The Balaban J connectivity index is 1.65. The lowest BCUT2D eigenvalue weighted by molar-refractivity contribution is -0.117. The number of halogens is 2. The van der Waals surface area contributed by atoms with Crippen LogP contribution < -0.4 is 0 Å². The van der Waals surface area contributed by atoms with E-state index in [4.69, 9.17) is 11.6 Å². The van der Waals surface area contributed by atoms with Gasteiger partial charge in [0.15, 0.2) is 11.1 Å². The maximum atomic E-state index is 13.3. The molecule has 4 rings (SSSR count). The number of allylic oxidation sites excluding steroid dienone is 2. The molecule has 4 aliphatic carbocycles. The molecule has 132 valence electrons. The number of ketones is 1. The predicted molar refractivity (Wildman–Crippen MR) is 95.2 cm³/mol. The van der Waals surface area contributed by atoms with Crippen molar-refractivity contribution in [2.45, 2.75) is 65.2 Å². The highest BCUT2D eigenvalue weighted by molar-refractivity contribution is 6.28. The fourth-order valence-electron chi connectivity index (χ4n) is 7.03. The van der Waals surface area contributed by atoms with Crippen LogP contribution in [-0.2, 0) is 4.79 Å². The van der Waals surface area contributed by atoms with Crippen molar-refractivity contribution >= 4 is 17.4 Å². The second-order valence-electron chi connectivity index (χ2n) is 9.15. The monoisotopic (exact) mass is 350 g/mol. The van der Waals surface area contributed by atoms with E-state index in [9.17, 15) is 9.18 Å². The van der Waals surface area contributed by atoms with Gasteiger partial charge >= 0.3 is 0 Å². The van der Waals surface area contributed by atoms with Crippen LogP contribution in [0.4, 0.5) is 4.39 Å². The zero-order valence-electron chi connectivity index (χ0n) is 14.8. The smallest absolute Gasteiger partial charge is 0.185 e. The van der Waals surface area contributed by atoms with Crippen LogP contribution in [0.15, 0.2) is 23.0 Å². The van der Waals surface area contributed by atoms with Crippen LogP contribution in [0, 0.1) is 34.5 Å². The number of hydrogen-bond donors (Lipinski definition) is 0. The molecule has 0 amide bonds. The molecule has 0 aromatic carbocycles. The van der Waals surface area contributed by atoms with E-state index in [1.165, 1.54) is 31.3 Å². The van der Waals surface area contributed by atoms with E-state index in [1.54, 1.807) is 6.08 Å². The normalized spacial score (nSPS) is 48.4. The molecule has 0 unspecified atom stereocenters. The Bertz CT molecular complexity index is 619. The molecule has 3 heteroatoms. The summed E-state index contributed by atoms with van der Waals surface area (Å²) in [6, 6.07) is 0. The highest BCUT2D eigenvalue weighted by Crippen LogP contribution is 2.66. The highest BCUT2D eigenvalue weighted by atomic mass is 35.5. The van der Waals surface area contributed by atoms with Gasteiger partial charge in [-0.15, -0.1) is 0 Å². The number of hydrogen-bond acceptors (Lipinski definition) is 1. The molecule has 0 aromatic rings. The largest absolute Gasteiger partial charge is 0.295 e. The van der Waals surface area contributed by atoms with Crippen molar-refractivity contribution in [3.05, 3.63) is 23.0 Å². The Labute approximate surface area is 149 Å². The van der Waals surface area contributed by atoms with Crippen molar-refractivity contribution in [1.29, 1.82) is 0 Å². The highest BCUT2D eigenvalue weighted by Gasteiger charge is 2.58. The Kier molecular flexibility index (Phi) is 3.99. The summed E-state index contributed by atoms with van der Waals surface area (Å²) in [5.41, 5.74) is 1.85. The van der Waals surface area contributed by atoms with Crippen molar-refractivity contribution in [2.24, 2.45) is 34.5 Å². The third kappa shape index (κ3) is 2.35.